The molecule has 1 aromatic rings. The van der Waals surface area contributed by atoms with Gasteiger partial charge >= 0.3 is 6.09 Å². The third kappa shape index (κ3) is 2.54. The minimum Gasteiger partial charge on any atom is -0.438 e. The molecule has 8 nitrogen and oxygen atoms in total. The molecule has 0 radical (unpaired) electrons. The molecule has 2 atom stereocenters. The first-order valence-electron chi connectivity index (χ1n) is 7.22. The Labute approximate surface area is 129 Å². The van der Waals surface area contributed by atoms with Gasteiger partial charge in [0.25, 0.3) is 5.91 Å². The van der Waals surface area contributed by atoms with Crippen molar-refractivity contribution < 1.29 is 19.4 Å². The highest BCUT2D eigenvalue weighted by molar-refractivity contribution is 5.92. The Balaban J connectivity index is 1.96. The van der Waals surface area contributed by atoms with Crippen molar-refractivity contribution in [3.63, 3.8) is 0 Å². The summed E-state index contributed by atoms with van der Waals surface area (Å²) in [6, 6.07) is 1.60. The first kappa shape index (κ1) is 16.3. The molecule has 0 unspecified atom stereocenters. The Morgan fingerprint density at radius 3 is 2.68 bits per heavy atom. The lowest BCUT2D eigenvalue weighted by molar-refractivity contribution is -0.136. The quantitative estimate of drug-likeness (QED) is 0.824. The number of carbonyl (C=O) groups is 2. The molecule has 2 amide bonds. The zero-order valence-corrected chi connectivity index (χ0v) is 13.3. The van der Waals surface area contributed by atoms with Crippen LogP contribution >= 0.6 is 0 Å². The Hall–Kier alpha value is -2.09. The fourth-order valence-electron chi connectivity index (χ4n) is 2.49. The minimum atomic E-state index is -1.42. The van der Waals surface area contributed by atoms with Crippen LogP contribution in [0.1, 0.15) is 37.7 Å². The number of amides is 2. The Kier molecular flexibility index (Phi) is 4.15. The summed E-state index contributed by atoms with van der Waals surface area (Å²) in [5.41, 5.74) is -1.96. The third-order valence-electron chi connectivity index (χ3n) is 4.41. The van der Waals surface area contributed by atoms with Gasteiger partial charge in [0.15, 0.2) is 11.3 Å². The number of nitrogens with one attached hydrogen (secondary N) is 1. The molecule has 122 valence electrons. The monoisotopic (exact) mass is 310 g/mol. The van der Waals surface area contributed by atoms with E-state index in [4.69, 9.17) is 4.74 Å². The van der Waals surface area contributed by atoms with Crippen LogP contribution in [-0.4, -0.2) is 56.2 Å². The lowest BCUT2D eigenvalue weighted by Gasteiger charge is -2.36. The predicted molar refractivity (Wildman–Crippen MR) is 78.0 cm³/mol. The summed E-state index contributed by atoms with van der Waals surface area (Å²) in [7, 11) is 1.67. The van der Waals surface area contributed by atoms with Gasteiger partial charge in [-0.05, 0) is 26.3 Å². The van der Waals surface area contributed by atoms with Gasteiger partial charge in [0, 0.05) is 26.3 Å². The van der Waals surface area contributed by atoms with Crippen LogP contribution in [0.5, 0.6) is 0 Å². The number of rotatable bonds is 5. The summed E-state index contributed by atoms with van der Waals surface area (Å²) in [5.74, 6) is -0.287. The van der Waals surface area contributed by atoms with Gasteiger partial charge in [-0.2, -0.15) is 5.10 Å². The first-order valence-corrected chi connectivity index (χ1v) is 7.22. The summed E-state index contributed by atoms with van der Waals surface area (Å²) in [6.07, 6.45) is 1.44. The second-order valence-electron chi connectivity index (χ2n) is 5.72. The van der Waals surface area contributed by atoms with Crippen molar-refractivity contribution in [1.29, 1.82) is 0 Å². The molecule has 2 heterocycles. The van der Waals surface area contributed by atoms with Crippen LogP contribution < -0.4 is 5.32 Å². The highest BCUT2D eigenvalue weighted by Gasteiger charge is 2.58. The Morgan fingerprint density at radius 2 is 2.18 bits per heavy atom. The zero-order chi connectivity index (χ0) is 16.5. The summed E-state index contributed by atoms with van der Waals surface area (Å²) < 4.78 is 6.75. The number of nitrogens with zero attached hydrogens (tertiary/aromatic N) is 3. The number of ether oxygens (including phenoxy) is 1. The minimum absolute atomic E-state index is 0.158. The molecule has 1 aromatic heterocycles. The van der Waals surface area contributed by atoms with Crippen LogP contribution in [0.3, 0.4) is 0 Å². The van der Waals surface area contributed by atoms with E-state index >= 15 is 0 Å². The number of aliphatic hydroxyl groups is 1. The molecular formula is C14H22N4O4. The van der Waals surface area contributed by atoms with Gasteiger partial charge in [0.05, 0.1) is 0 Å². The molecule has 8 heteroatoms. The average molecular weight is 310 g/mol. The summed E-state index contributed by atoms with van der Waals surface area (Å²) >= 11 is 0. The lowest BCUT2D eigenvalue weighted by Crippen LogP contribution is -2.56. The number of aromatic nitrogens is 2. The number of hydrogen-bond donors (Lipinski definition) is 2. The van der Waals surface area contributed by atoms with Crippen LogP contribution in [0.2, 0.25) is 0 Å². The van der Waals surface area contributed by atoms with Crippen molar-refractivity contribution in [1.82, 2.24) is 20.0 Å². The van der Waals surface area contributed by atoms with Gasteiger partial charge < -0.3 is 15.2 Å². The van der Waals surface area contributed by atoms with Gasteiger partial charge in [-0.1, -0.05) is 6.92 Å². The summed E-state index contributed by atoms with van der Waals surface area (Å²) in [4.78, 5) is 25.1. The number of hydrogen-bond acceptors (Lipinski definition) is 5. The van der Waals surface area contributed by atoms with E-state index in [1.54, 1.807) is 27.0 Å². The molecule has 1 aliphatic heterocycles. The van der Waals surface area contributed by atoms with E-state index in [2.05, 4.69) is 10.4 Å². The maximum Gasteiger partial charge on any atom is 0.412 e. The van der Waals surface area contributed by atoms with E-state index in [-0.39, 0.29) is 19.0 Å². The van der Waals surface area contributed by atoms with E-state index in [0.717, 1.165) is 0 Å². The highest BCUT2D eigenvalue weighted by atomic mass is 16.6. The van der Waals surface area contributed by atoms with Crippen LogP contribution in [0, 0.1) is 0 Å². The molecule has 0 bridgehead atoms. The van der Waals surface area contributed by atoms with Gasteiger partial charge in [0.2, 0.25) is 0 Å². The van der Waals surface area contributed by atoms with Crippen LogP contribution in [0.15, 0.2) is 12.3 Å². The molecule has 1 aliphatic rings. The normalized spacial score (nSPS) is 27.9. The molecule has 2 rings (SSSR count). The van der Waals surface area contributed by atoms with Crippen molar-refractivity contribution in [2.45, 2.75) is 38.5 Å². The fraction of sp³-hybridized carbons (Fsp3) is 0.643. The van der Waals surface area contributed by atoms with Crippen LogP contribution in [0.4, 0.5) is 4.79 Å². The fourth-order valence-corrected chi connectivity index (χ4v) is 2.49. The molecule has 1 saturated heterocycles. The molecule has 22 heavy (non-hydrogen) atoms. The topological polar surface area (TPSA) is 96.7 Å². The largest absolute Gasteiger partial charge is 0.438 e. The third-order valence-corrected chi connectivity index (χ3v) is 4.41. The molecule has 0 saturated carbocycles. The second-order valence-corrected chi connectivity index (χ2v) is 5.72. The van der Waals surface area contributed by atoms with Crippen molar-refractivity contribution in [3.8, 4) is 0 Å². The van der Waals surface area contributed by atoms with E-state index in [1.165, 1.54) is 15.8 Å². The van der Waals surface area contributed by atoms with Crippen molar-refractivity contribution in [2.75, 3.05) is 13.1 Å². The molecule has 0 aromatic carbocycles. The number of cyclic esters (lactones) is 1. The number of carbonyl (C=O) groups excluding carboxylic acids is 2. The van der Waals surface area contributed by atoms with Gasteiger partial charge in [-0.25, -0.2) is 4.79 Å². The van der Waals surface area contributed by atoms with E-state index in [1.807, 2.05) is 6.92 Å². The maximum absolute atomic E-state index is 12.0. The van der Waals surface area contributed by atoms with Crippen molar-refractivity contribution in [3.05, 3.63) is 18.0 Å². The van der Waals surface area contributed by atoms with Gasteiger partial charge in [-0.3, -0.25) is 14.4 Å². The lowest BCUT2D eigenvalue weighted by atomic mass is 9.91. The van der Waals surface area contributed by atoms with Crippen LogP contribution in [-0.2, 0) is 11.8 Å². The molecule has 2 N–H and O–H groups in total. The zero-order valence-electron chi connectivity index (χ0n) is 13.3. The molecular weight excluding hydrogens is 288 g/mol. The Bertz CT molecular complexity index is 583. The predicted octanol–water partition coefficient (Wildman–Crippen LogP) is 0.479. The summed E-state index contributed by atoms with van der Waals surface area (Å²) in [5, 5.41) is 17.2. The van der Waals surface area contributed by atoms with Crippen molar-refractivity contribution in [2.24, 2.45) is 7.05 Å². The van der Waals surface area contributed by atoms with Crippen LogP contribution in [0.25, 0.3) is 0 Å². The first-order chi connectivity index (χ1) is 10.2. The molecule has 1 fully saturated rings. The van der Waals surface area contributed by atoms with Gasteiger partial charge in [0.1, 0.15) is 5.69 Å². The van der Waals surface area contributed by atoms with E-state index < -0.39 is 17.4 Å². The maximum atomic E-state index is 12.0. The highest BCUT2D eigenvalue weighted by Crippen LogP contribution is 2.39. The standard InChI is InChI=1S/C14H22N4O4/c1-5-13(2)14(3,21)18(12(20)22-13)9-8-15-11(19)10-6-7-16-17(10)4/h6-7,21H,5,8-9H2,1-4H3,(H,15,19)/t13-,14-/m1/s1. The SMILES string of the molecule is CC[C@@]1(C)OC(=O)N(CCNC(=O)c2ccnn2C)[C@]1(C)O. The van der Waals surface area contributed by atoms with E-state index in [0.29, 0.717) is 12.1 Å². The Morgan fingerprint density at radius 1 is 1.50 bits per heavy atom. The second kappa shape index (κ2) is 5.60. The average Bonchev–Trinajstić information content (AvgIpc) is 2.94. The van der Waals surface area contributed by atoms with E-state index in [9.17, 15) is 14.7 Å². The summed E-state index contributed by atoms with van der Waals surface area (Å²) in [6.45, 7) is 5.44. The van der Waals surface area contributed by atoms with Gasteiger partial charge in [-0.15, -0.1) is 0 Å². The van der Waals surface area contributed by atoms with Crippen molar-refractivity contribution >= 4 is 12.0 Å². The number of aryl methyl sites for hydroxylation is 1. The smallest absolute Gasteiger partial charge is 0.412 e. The molecule has 0 spiro atoms. The molecule has 0 aliphatic carbocycles.